The van der Waals surface area contributed by atoms with Crippen molar-refractivity contribution in [3.05, 3.63) is 107 Å². The number of fused-ring (bicyclic) bond motifs is 1. The van der Waals surface area contributed by atoms with Crippen molar-refractivity contribution in [2.75, 3.05) is 18.4 Å². The highest BCUT2D eigenvalue weighted by Gasteiger charge is 2.41. The van der Waals surface area contributed by atoms with Gasteiger partial charge in [0.25, 0.3) is 5.91 Å². The molecule has 1 aromatic heterocycles. The predicted octanol–water partition coefficient (Wildman–Crippen LogP) is 6.58. The summed E-state index contributed by atoms with van der Waals surface area (Å²) in [6, 6.07) is 20.5. The number of unbranched alkanes of at least 4 members (excludes halogenated alkanes) is 3. The van der Waals surface area contributed by atoms with E-state index in [2.05, 4.69) is 34.9 Å². The van der Waals surface area contributed by atoms with Crippen LogP contribution in [-0.2, 0) is 20.6 Å². The average Bonchev–Trinajstić information content (AvgIpc) is 3.53. The first-order valence-corrected chi connectivity index (χ1v) is 17.2. The van der Waals surface area contributed by atoms with Crippen molar-refractivity contribution in [3.8, 4) is 5.75 Å². The number of oxazole rings is 1. The van der Waals surface area contributed by atoms with E-state index in [1.807, 2.05) is 42.5 Å². The molecule has 0 radical (unpaired) electrons. The molecule has 2 fully saturated rings. The van der Waals surface area contributed by atoms with E-state index in [1.54, 1.807) is 12.1 Å². The smallest absolute Gasteiger partial charge is 0.408 e. The van der Waals surface area contributed by atoms with Gasteiger partial charge in [-0.3, -0.25) is 19.4 Å². The number of hydroxylamine groups is 1. The van der Waals surface area contributed by atoms with Crippen LogP contribution >= 0.6 is 0 Å². The minimum atomic E-state index is -4.44. The van der Waals surface area contributed by atoms with Gasteiger partial charge in [-0.25, -0.2) is 4.79 Å². The number of nitrogens with zero attached hydrogens (tertiary/aromatic N) is 1. The van der Waals surface area contributed by atoms with Gasteiger partial charge < -0.3 is 25.2 Å². The summed E-state index contributed by atoms with van der Waals surface area (Å²) in [5.41, 5.74) is 8.50. The molecule has 3 atom stereocenters. The largest absolute Gasteiger partial charge is 0.417 e. The number of nitrogens with one attached hydrogen (secondary N) is 3. The molecular weight excluding hydrogens is 679 g/mol. The lowest BCUT2D eigenvalue weighted by Crippen LogP contribution is -2.45. The monoisotopic (exact) mass is 723 g/mol. The van der Waals surface area contributed by atoms with Gasteiger partial charge in [0.1, 0.15) is 6.04 Å². The van der Waals surface area contributed by atoms with Crippen LogP contribution in [0.3, 0.4) is 0 Å². The Labute approximate surface area is 299 Å². The van der Waals surface area contributed by atoms with Gasteiger partial charge in [0.15, 0.2) is 11.3 Å². The van der Waals surface area contributed by atoms with E-state index in [0.29, 0.717) is 36.6 Å². The van der Waals surface area contributed by atoms with Crippen LogP contribution in [0, 0.1) is 11.8 Å². The SMILES string of the molecule is CCCCC/C=C\C1CC1C(=O)NOc1ccccc1.NC(=O)C1CCCN1C(=O)CNc1cccc(C(F)(F)F)c1.O=c1[nH]c2ccccc2o1. The Morgan fingerprint density at radius 3 is 2.50 bits per heavy atom. The second-order valence-corrected chi connectivity index (χ2v) is 12.4. The van der Waals surface area contributed by atoms with Crippen LogP contribution < -0.4 is 27.1 Å². The number of rotatable bonds is 12. The highest BCUT2D eigenvalue weighted by molar-refractivity contribution is 5.89. The fraction of sp³-hybridized carbons (Fsp3) is 0.368. The summed E-state index contributed by atoms with van der Waals surface area (Å²) in [7, 11) is 0. The number of carbonyl (C=O) groups is 3. The van der Waals surface area contributed by atoms with Crippen LogP contribution in [0.4, 0.5) is 18.9 Å². The Hall–Kier alpha value is -5.53. The first-order valence-electron chi connectivity index (χ1n) is 17.2. The summed E-state index contributed by atoms with van der Waals surface area (Å²) in [5.74, 6) is -0.202. The fourth-order valence-corrected chi connectivity index (χ4v) is 5.53. The second-order valence-electron chi connectivity index (χ2n) is 12.4. The topological polar surface area (TPSA) is 160 Å². The third kappa shape index (κ3) is 12.4. The number of aromatic nitrogens is 1. The van der Waals surface area contributed by atoms with E-state index < -0.39 is 29.4 Å². The molecule has 14 heteroatoms. The molecule has 1 saturated heterocycles. The van der Waals surface area contributed by atoms with Gasteiger partial charge in [0, 0.05) is 18.2 Å². The van der Waals surface area contributed by atoms with Crippen LogP contribution in [0.25, 0.3) is 11.1 Å². The van der Waals surface area contributed by atoms with Crippen LogP contribution in [-0.4, -0.2) is 46.7 Å². The Morgan fingerprint density at radius 1 is 1.04 bits per heavy atom. The lowest BCUT2D eigenvalue weighted by atomic mass is 10.2. The van der Waals surface area contributed by atoms with Gasteiger partial charge in [-0.05, 0) is 80.5 Å². The summed E-state index contributed by atoms with van der Waals surface area (Å²) in [4.78, 5) is 54.8. The Balaban J connectivity index is 0.000000185. The van der Waals surface area contributed by atoms with Crippen LogP contribution in [0.5, 0.6) is 5.75 Å². The summed E-state index contributed by atoms with van der Waals surface area (Å²) >= 11 is 0. The molecule has 1 aliphatic carbocycles. The molecule has 3 aromatic carbocycles. The number of allylic oxidation sites excluding steroid dienone is 2. The van der Waals surface area contributed by atoms with E-state index in [0.717, 1.165) is 30.5 Å². The molecule has 1 saturated carbocycles. The molecule has 278 valence electrons. The highest BCUT2D eigenvalue weighted by Crippen LogP contribution is 2.40. The maximum Gasteiger partial charge on any atom is 0.417 e. The zero-order chi connectivity index (χ0) is 37.5. The number of carbonyl (C=O) groups excluding carboxylic acids is 3. The van der Waals surface area contributed by atoms with E-state index in [9.17, 15) is 32.3 Å². The number of anilines is 1. The van der Waals surface area contributed by atoms with Crippen molar-refractivity contribution in [3.63, 3.8) is 0 Å². The summed E-state index contributed by atoms with van der Waals surface area (Å²) < 4.78 is 42.6. The van der Waals surface area contributed by atoms with Crippen molar-refractivity contribution in [2.45, 2.75) is 64.1 Å². The Kier molecular flexibility index (Phi) is 14.5. The third-order valence-corrected chi connectivity index (χ3v) is 8.41. The number of aromatic amines is 1. The van der Waals surface area contributed by atoms with E-state index >= 15 is 0 Å². The summed E-state index contributed by atoms with van der Waals surface area (Å²) in [6.45, 7) is 2.44. The molecule has 2 aliphatic rings. The third-order valence-electron chi connectivity index (χ3n) is 8.41. The van der Waals surface area contributed by atoms with Crippen molar-refractivity contribution in [1.29, 1.82) is 0 Å². The normalized spacial score (nSPS) is 17.8. The molecule has 0 spiro atoms. The maximum atomic E-state index is 12.6. The predicted molar refractivity (Wildman–Crippen MR) is 191 cm³/mol. The molecule has 4 aromatic rings. The zero-order valence-electron chi connectivity index (χ0n) is 28.9. The van der Waals surface area contributed by atoms with Gasteiger partial charge in [-0.1, -0.05) is 68.3 Å². The van der Waals surface area contributed by atoms with Gasteiger partial charge in [0.05, 0.1) is 17.6 Å². The van der Waals surface area contributed by atoms with Gasteiger partial charge in [0.2, 0.25) is 11.8 Å². The van der Waals surface area contributed by atoms with Crippen molar-refractivity contribution < 1.29 is 36.8 Å². The zero-order valence-corrected chi connectivity index (χ0v) is 28.9. The lowest BCUT2D eigenvalue weighted by molar-refractivity contribution is -0.137. The maximum absolute atomic E-state index is 12.6. The van der Waals surface area contributed by atoms with E-state index in [1.165, 1.54) is 36.3 Å². The number of halogens is 3. The van der Waals surface area contributed by atoms with Crippen molar-refractivity contribution >= 4 is 34.5 Å². The molecule has 3 amide bonds. The van der Waals surface area contributed by atoms with E-state index in [-0.39, 0.29) is 30.0 Å². The summed E-state index contributed by atoms with van der Waals surface area (Å²) in [5, 5.41) is 2.65. The minimum absolute atomic E-state index is 0.0166. The average molecular weight is 724 g/mol. The second kappa shape index (κ2) is 19.2. The first kappa shape index (κ1) is 39.3. The Morgan fingerprint density at radius 2 is 1.79 bits per heavy atom. The number of alkyl halides is 3. The number of likely N-dealkylation sites (tertiary alicyclic amines) is 1. The number of benzene rings is 3. The van der Waals surface area contributed by atoms with E-state index in [4.69, 9.17) is 15.0 Å². The lowest BCUT2D eigenvalue weighted by Gasteiger charge is -2.22. The molecular formula is C38H44F3N5O6. The van der Waals surface area contributed by atoms with Gasteiger partial charge >= 0.3 is 11.9 Å². The molecule has 6 rings (SSSR count). The molecule has 5 N–H and O–H groups in total. The molecule has 3 unspecified atom stereocenters. The number of hydrogen-bond donors (Lipinski definition) is 4. The number of primary amides is 1. The van der Waals surface area contributed by atoms with Gasteiger partial charge in [-0.15, -0.1) is 0 Å². The van der Waals surface area contributed by atoms with Crippen LogP contribution in [0.15, 0.2) is 100 Å². The fourth-order valence-electron chi connectivity index (χ4n) is 5.53. The number of nitrogens with two attached hydrogens (primary N) is 1. The van der Waals surface area contributed by atoms with Crippen molar-refractivity contribution in [2.24, 2.45) is 17.6 Å². The highest BCUT2D eigenvalue weighted by atomic mass is 19.4. The number of H-pyrrole nitrogens is 1. The standard InChI is InChI=1S/C17H23NO2.C14H16F3N3O2.C7H5NO2/c1-2-3-4-5-7-10-14-13-16(14)17(19)18-20-15-11-8-6-9-12-15;15-14(16,17)9-3-1-4-10(7-9)19-8-12(21)20-6-2-5-11(20)13(18)22;9-7-8-5-3-1-2-4-6(5)10-7/h6-12,14,16H,2-5,13H2,1H3,(H,18,19);1,3-4,7,11,19H,2,5-6,8H2,(H2,18,22);1-4H,(H,8,9)/b10-7-;;. The summed E-state index contributed by atoms with van der Waals surface area (Å²) in [6.07, 6.45) is 7.00. The molecule has 11 nitrogen and oxygen atoms in total. The number of para-hydroxylation sites is 3. The Bertz CT molecular complexity index is 1810. The van der Waals surface area contributed by atoms with Crippen molar-refractivity contribution in [1.82, 2.24) is 15.4 Å². The number of amides is 3. The molecule has 0 bridgehead atoms. The first-order chi connectivity index (χ1) is 25.0. The number of hydrogen-bond acceptors (Lipinski definition) is 7. The van der Waals surface area contributed by atoms with Crippen LogP contribution in [0.2, 0.25) is 0 Å². The minimum Gasteiger partial charge on any atom is -0.408 e. The molecule has 52 heavy (non-hydrogen) atoms. The molecule has 1 aliphatic heterocycles. The quantitative estimate of drug-likeness (QED) is 0.0730. The molecule has 2 heterocycles. The van der Waals surface area contributed by atoms with Crippen LogP contribution in [0.1, 0.15) is 57.4 Å². The van der Waals surface area contributed by atoms with Gasteiger partial charge in [-0.2, -0.15) is 18.7 Å².